The van der Waals surface area contributed by atoms with Gasteiger partial charge in [-0.3, -0.25) is 0 Å². The molecule has 0 unspecified atom stereocenters. The summed E-state index contributed by atoms with van der Waals surface area (Å²) < 4.78 is 0. The van der Waals surface area contributed by atoms with Crippen molar-refractivity contribution in [1.29, 1.82) is 0 Å². The van der Waals surface area contributed by atoms with Gasteiger partial charge in [-0.1, -0.05) is 51.7 Å². The van der Waals surface area contributed by atoms with Crippen molar-refractivity contribution in [2.45, 2.75) is 78.1 Å². The molecule has 0 aliphatic carbocycles. The molecule has 0 saturated carbocycles. The van der Waals surface area contributed by atoms with Crippen LogP contribution in [0.25, 0.3) is 0 Å². The maximum Gasteiger partial charge on any atom is 0.119 e. The normalized spacial score (nSPS) is 9.89. The quantitative estimate of drug-likeness (QED) is 0.299. The summed E-state index contributed by atoms with van der Waals surface area (Å²) in [6.07, 6.45) is 16.9. The second-order valence-electron chi connectivity index (χ2n) is 4.37. The lowest BCUT2D eigenvalue weighted by Crippen LogP contribution is -1.80. The van der Waals surface area contributed by atoms with E-state index in [1.54, 1.807) is 0 Å². The fourth-order valence-corrected chi connectivity index (χ4v) is 1.38. The summed E-state index contributed by atoms with van der Waals surface area (Å²) in [4.78, 5) is 19.7. The molecule has 0 aliphatic rings. The average Bonchev–Trinajstić information content (AvgIpc) is 2.40. The Morgan fingerprint density at radius 3 is 1.28 bits per heavy atom. The van der Waals surface area contributed by atoms with Gasteiger partial charge in [0.05, 0.1) is 0 Å². The molecule has 0 radical (unpaired) electrons. The maximum atomic E-state index is 9.84. The van der Waals surface area contributed by atoms with Crippen molar-refractivity contribution < 1.29 is 9.59 Å². The molecule has 0 aliphatic heterocycles. The molecule has 18 heavy (non-hydrogen) atoms. The van der Waals surface area contributed by atoms with Crippen molar-refractivity contribution in [3.8, 4) is 0 Å². The van der Waals surface area contributed by atoms with E-state index in [1.807, 2.05) is 0 Å². The van der Waals surface area contributed by atoms with Gasteiger partial charge in [0.25, 0.3) is 0 Å². The van der Waals surface area contributed by atoms with Gasteiger partial charge in [-0.25, -0.2) is 0 Å². The Balaban J connectivity index is 0. The summed E-state index contributed by atoms with van der Waals surface area (Å²) >= 11 is 0. The third-order valence-electron chi connectivity index (χ3n) is 2.47. The van der Waals surface area contributed by atoms with Crippen LogP contribution in [0.2, 0.25) is 0 Å². The highest BCUT2D eigenvalue weighted by Crippen LogP contribution is 2.02. The molecular formula is C16H30O2. The summed E-state index contributed by atoms with van der Waals surface area (Å²) in [5.74, 6) is 0. The zero-order valence-electron chi connectivity index (χ0n) is 12.2. The van der Waals surface area contributed by atoms with Gasteiger partial charge in [0.1, 0.15) is 12.6 Å². The lowest BCUT2D eigenvalue weighted by molar-refractivity contribution is -0.108. The van der Waals surface area contributed by atoms with Gasteiger partial charge in [-0.2, -0.15) is 0 Å². The number of unbranched alkanes of at least 4 members (excludes halogenated alkanes) is 7. The van der Waals surface area contributed by atoms with Crippen LogP contribution in [-0.4, -0.2) is 12.6 Å². The topological polar surface area (TPSA) is 34.1 Å². The van der Waals surface area contributed by atoms with Gasteiger partial charge in [0.2, 0.25) is 0 Å². The molecule has 0 N–H and O–H groups in total. The van der Waals surface area contributed by atoms with Crippen molar-refractivity contribution >= 4 is 12.6 Å². The standard InChI is InChI=1S/C8H14O2.C8H16/c9-7-5-3-1-2-4-6-8-10;1-3-5-7-8-6-4-2/h7-8H,1-6H2;7-8H,3-6H2,1-2H3/b;8-7+. The maximum absolute atomic E-state index is 9.84. The Kier molecular flexibility index (Phi) is 23.1. The molecule has 0 heterocycles. The first kappa shape index (κ1) is 19.4. The molecule has 2 nitrogen and oxygen atoms in total. The van der Waals surface area contributed by atoms with E-state index >= 15 is 0 Å². The highest BCUT2D eigenvalue weighted by atomic mass is 16.1. The average molecular weight is 254 g/mol. The van der Waals surface area contributed by atoms with Crippen molar-refractivity contribution in [2.24, 2.45) is 0 Å². The molecule has 0 aromatic heterocycles. The van der Waals surface area contributed by atoms with Crippen LogP contribution in [0.1, 0.15) is 78.1 Å². The number of hydrogen-bond acceptors (Lipinski definition) is 2. The van der Waals surface area contributed by atoms with Crippen LogP contribution in [0.15, 0.2) is 12.2 Å². The van der Waals surface area contributed by atoms with Crippen molar-refractivity contribution in [3.05, 3.63) is 12.2 Å². The minimum Gasteiger partial charge on any atom is -0.303 e. The van der Waals surface area contributed by atoms with Crippen molar-refractivity contribution in [2.75, 3.05) is 0 Å². The third kappa shape index (κ3) is 24.4. The summed E-state index contributed by atoms with van der Waals surface area (Å²) in [6, 6.07) is 0. The lowest BCUT2D eigenvalue weighted by atomic mass is 10.1. The number of allylic oxidation sites excluding steroid dienone is 2. The summed E-state index contributed by atoms with van der Waals surface area (Å²) in [5.41, 5.74) is 0. The molecule has 106 valence electrons. The number of aldehydes is 2. The number of rotatable bonds is 11. The van der Waals surface area contributed by atoms with E-state index < -0.39 is 0 Å². The van der Waals surface area contributed by atoms with Crippen LogP contribution in [0.4, 0.5) is 0 Å². The van der Waals surface area contributed by atoms with Gasteiger partial charge in [0.15, 0.2) is 0 Å². The van der Waals surface area contributed by atoms with Gasteiger partial charge < -0.3 is 9.59 Å². The summed E-state index contributed by atoms with van der Waals surface area (Å²) in [6.45, 7) is 4.41. The molecule has 2 heteroatoms. The zero-order chi connectivity index (χ0) is 13.9. The van der Waals surface area contributed by atoms with Gasteiger partial charge >= 0.3 is 0 Å². The SMILES string of the molecule is CCC/C=C/CCC.O=CCCCCCCC=O. The van der Waals surface area contributed by atoms with Crippen LogP contribution in [0, 0.1) is 0 Å². The lowest BCUT2D eigenvalue weighted by Gasteiger charge is -1.93. The molecule has 0 rings (SSSR count). The van der Waals surface area contributed by atoms with E-state index in [2.05, 4.69) is 26.0 Å². The number of carbonyl (C=O) groups excluding carboxylic acids is 2. The van der Waals surface area contributed by atoms with Crippen molar-refractivity contribution in [1.82, 2.24) is 0 Å². The molecule has 0 fully saturated rings. The minimum absolute atomic E-state index is 0.668. The molecule has 0 aromatic carbocycles. The van der Waals surface area contributed by atoms with E-state index in [0.29, 0.717) is 12.8 Å². The van der Waals surface area contributed by atoms with E-state index in [9.17, 15) is 9.59 Å². The predicted octanol–water partition coefficient (Wildman–Crippen LogP) is 4.87. The molecule has 0 spiro atoms. The summed E-state index contributed by atoms with van der Waals surface area (Å²) in [5, 5.41) is 0. The van der Waals surface area contributed by atoms with Crippen LogP contribution in [0.5, 0.6) is 0 Å². The van der Waals surface area contributed by atoms with Crippen LogP contribution < -0.4 is 0 Å². The minimum atomic E-state index is 0.668. The number of hydrogen-bond donors (Lipinski definition) is 0. The first-order valence-electron chi connectivity index (χ1n) is 7.35. The first-order chi connectivity index (χ1) is 8.83. The predicted molar refractivity (Wildman–Crippen MR) is 78.8 cm³/mol. The van der Waals surface area contributed by atoms with Crippen LogP contribution in [0.3, 0.4) is 0 Å². The Labute approximate surface area is 113 Å². The second-order valence-corrected chi connectivity index (χ2v) is 4.37. The Bertz CT molecular complexity index is 166. The monoisotopic (exact) mass is 254 g/mol. The molecule has 0 amide bonds. The van der Waals surface area contributed by atoms with Gasteiger partial charge in [0, 0.05) is 12.8 Å². The van der Waals surface area contributed by atoms with E-state index in [-0.39, 0.29) is 0 Å². The fraction of sp³-hybridized carbons (Fsp3) is 0.750. The van der Waals surface area contributed by atoms with Gasteiger partial charge in [-0.05, 0) is 25.7 Å². The fourth-order valence-electron chi connectivity index (χ4n) is 1.38. The number of carbonyl (C=O) groups is 2. The van der Waals surface area contributed by atoms with E-state index in [4.69, 9.17) is 0 Å². The highest BCUT2D eigenvalue weighted by Gasteiger charge is 1.87. The second kappa shape index (κ2) is 21.4. The Morgan fingerprint density at radius 1 is 0.611 bits per heavy atom. The first-order valence-corrected chi connectivity index (χ1v) is 7.35. The van der Waals surface area contributed by atoms with Crippen LogP contribution >= 0.6 is 0 Å². The van der Waals surface area contributed by atoms with Crippen LogP contribution in [-0.2, 0) is 9.59 Å². The molecule has 0 saturated heterocycles. The Hall–Kier alpha value is -0.920. The highest BCUT2D eigenvalue weighted by molar-refractivity contribution is 5.49. The summed E-state index contributed by atoms with van der Waals surface area (Å²) in [7, 11) is 0. The Morgan fingerprint density at radius 2 is 1.00 bits per heavy atom. The van der Waals surface area contributed by atoms with Gasteiger partial charge in [-0.15, -0.1) is 0 Å². The molecule has 0 aromatic rings. The molecule has 0 atom stereocenters. The van der Waals surface area contributed by atoms with Crippen molar-refractivity contribution in [3.63, 3.8) is 0 Å². The molecular weight excluding hydrogens is 224 g/mol. The smallest absolute Gasteiger partial charge is 0.119 e. The zero-order valence-corrected chi connectivity index (χ0v) is 12.2. The molecule has 0 bridgehead atoms. The third-order valence-corrected chi connectivity index (χ3v) is 2.47. The largest absolute Gasteiger partial charge is 0.303 e. The van der Waals surface area contributed by atoms with E-state index in [0.717, 1.165) is 38.3 Å². The van der Waals surface area contributed by atoms with E-state index in [1.165, 1.54) is 25.7 Å².